The topological polar surface area (TPSA) is 29.5 Å². The summed E-state index contributed by atoms with van der Waals surface area (Å²) < 4.78 is 5.46. The Kier molecular flexibility index (Phi) is 4.48. The van der Waals surface area contributed by atoms with Crippen molar-refractivity contribution in [3.63, 3.8) is 0 Å². The lowest BCUT2D eigenvalue weighted by Gasteiger charge is -2.13. The average Bonchev–Trinajstić information content (AvgIpc) is 2.36. The number of aliphatic hydroxyl groups excluding tert-OH is 1. The number of benzene rings is 2. The summed E-state index contributed by atoms with van der Waals surface area (Å²) in [7, 11) is 0. The van der Waals surface area contributed by atoms with Crippen molar-refractivity contribution >= 4 is 23.2 Å². The molecule has 94 valence electrons. The van der Waals surface area contributed by atoms with E-state index in [1.54, 1.807) is 18.2 Å². The zero-order valence-electron chi connectivity index (χ0n) is 9.51. The van der Waals surface area contributed by atoms with Crippen LogP contribution in [0.4, 0.5) is 0 Å². The quantitative estimate of drug-likeness (QED) is 0.915. The zero-order chi connectivity index (χ0) is 13.0. The maximum Gasteiger partial charge on any atom is 0.122 e. The first-order valence-electron chi connectivity index (χ1n) is 5.47. The molecule has 0 aliphatic heterocycles. The van der Waals surface area contributed by atoms with Gasteiger partial charge in [-0.1, -0.05) is 53.5 Å². The van der Waals surface area contributed by atoms with Crippen molar-refractivity contribution < 1.29 is 9.84 Å². The molecular weight excluding hydrogens is 271 g/mol. The fourth-order valence-corrected chi connectivity index (χ4v) is 2.06. The van der Waals surface area contributed by atoms with Gasteiger partial charge in [-0.3, -0.25) is 0 Å². The van der Waals surface area contributed by atoms with Crippen molar-refractivity contribution in [2.75, 3.05) is 6.61 Å². The lowest BCUT2D eigenvalue weighted by atomic mass is 10.1. The van der Waals surface area contributed by atoms with E-state index in [9.17, 15) is 5.11 Å². The Morgan fingerprint density at radius 3 is 2.22 bits per heavy atom. The van der Waals surface area contributed by atoms with Gasteiger partial charge in [0.15, 0.2) is 0 Å². The van der Waals surface area contributed by atoms with Crippen LogP contribution in [0.5, 0.6) is 5.75 Å². The Labute approximate surface area is 116 Å². The molecule has 1 atom stereocenters. The highest BCUT2D eigenvalue weighted by Gasteiger charge is 2.08. The molecule has 18 heavy (non-hydrogen) atoms. The minimum atomic E-state index is -0.677. The van der Waals surface area contributed by atoms with Crippen molar-refractivity contribution in [1.82, 2.24) is 0 Å². The predicted molar refractivity (Wildman–Crippen MR) is 73.4 cm³/mol. The van der Waals surface area contributed by atoms with E-state index in [2.05, 4.69) is 0 Å². The van der Waals surface area contributed by atoms with E-state index in [4.69, 9.17) is 27.9 Å². The van der Waals surface area contributed by atoms with E-state index in [0.717, 1.165) is 5.56 Å². The summed E-state index contributed by atoms with van der Waals surface area (Å²) in [6, 6.07) is 14.3. The van der Waals surface area contributed by atoms with Gasteiger partial charge < -0.3 is 9.84 Å². The van der Waals surface area contributed by atoms with Crippen LogP contribution in [-0.4, -0.2) is 11.7 Å². The smallest absolute Gasteiger partial charge is 0.122 e. The lowest BCUT2D eigenvalue weighted by Crippen LogP contribution is -2.09. The van der Waals surface area contributed by atoms with Crippen LogP contribution in [0.15, 0.2) is 48.5 Å². The van der Waals surface area contributed by atoms with Crippen LogP contribution in [-0.2, 0) is 0 Å². The number of aliphatic hydroxyl groups is 1. The first-order chi connectivity index (χ1) is 8.65. The number of halogens is 2. The van der Waals surface area contributed by atoms with Gasteiger partial charge in [-0.15, -0.1) is 0 Å². The van der Waals surface area contributed by atoms with E-state index in [0.29, 0.717) is 15.8 Å². The van der Waals surface area contributed by atoms with Crippen LogP contribution in [0, 0.1) is 0 Å². The van der Waals surface area contributed by atoms with Crippen LogP contribution in [0.1, 0.15) is 11.7 Å². The number of hydrogen-bond acceptors (Lipinski definition) is 2. The van der Waals surface area contributed by atoms with Gasteiger partial charge in [0.1, 0.15) is 18.5 Å². The highest BCUT2D eigenvalue weighted by atomic mass is 35.5. The molecule has 0 saturated carbocycles. The van der Waals surface area contributed by atoms with E-state index in [1.807, 2.05) is 30.3 Å². The molecule has 0 radical (unpaired) electrons. The molecule has 0 aromatic heterocycles. The van der Waals surface area contributed by atoms with Gasteiger partial charge in [0, 0.05) is 10.0 Å². The second kappa shape index (κ2) is 6.10. The maximum absolute atomic E-state index is 9.93. The minimum absolute atomic E-state index is 0.153. The molecule has 1 unspecified atom stereocenters. The van der Waals surface area contributed by atoms with Gasteiger partial charge in [-0.25, -0.2) is 0 Å². The fraction of sp³-hybridized carbons (Fsp3) is 0.143. The van der Waals surface area contributed by atoms with Crippen LogP contribution in [0.2, 0.25) is 10.0 Å². The molecule has 0 amide bonds. The van der Waals surface area contributed by atoms with Gasteiger partial charge in [-0.05, 0) is 23.8 Å². The van der Waals surface area contributed by atoms with Crippen molar-refractivity contribution in [2.45, 2.75) is 6.10 Å². The molecule has 0 aliphatic carbocycles. The third kappa shape index (κ3) is 3.64. The molecule has 2 nitrogen and oxygen atoms in total. The summed E-state index contributed by atoms with van der Waals surface area (Å²) in [6.45, 7) is 0.153. The summed E-state index contributed by atoms with van der Waals surface area (Å²) in [5.41, 5.74) is 0.811. The number of ether oxygens (including phenoxy) is 1. The summed E-state index contributed by atoms with van der Waals surface area (Å²) in [6.07, 6.45) is -0.677. The SMILES string of the molecule is OC(COc1cc(Cl)cc(Cl)c1)c1ccccc1. The van der Waals surface area contributed by atoms with Crippen molar-refractivity contribution in [1.29, 1.82) is 0 Å². The van der Waals surface area contributed by atoms with E-state index in [-0.39, 0.29) is 6.61 Å². The molecular formula is C14H12Cl2O2. The van der Waals surface area contributed by atoms with E-state index < -0.39 is 6.10 Å². The van der Waals surface area contributed by atoms with Gasteiger partial charge in [0.05, 0.1) is 0 Å². The van der Waals surface area contributed by atoms with Crippen molar-refractivity contribution in [2.24, 2.45) is 0 Å². The molecule has 0 heterocycles. The monoisotopic (exact) mass is 282 g/mol. The summed E-state index contributed by atoms with van der Waals surface area (Å²) in [5, 5.41) is 10.9. The van der Waals surface area contributed by atoms with Crippen LogP contribution >= 0.6 is 23.2 Å². The Balaban J connectivity index is 1.99. The van der Waals surface area contributed by atoms with Crippen LogP contribution in [0.3, 0.4) is 0 Å². The molecule has 4 heteroatoms. The van der Waals surface area contributed by atoms with Crippen molar-refractivity contribution in [3.05, 3.63) is 64.1 Å². The van der Waals surface area contributed by atoms with Gasteiger partial charge >= 0.3 is 0 Å². The van der Waals surface area contributed by atoms with Crippen LogP contribution in [0.25, 0.3) is 0 Å². The standard InChI is InChI=1S/C14H12Cl2O2/c15-11-6-12(16)8-13(7-11)18-9-14(17)10-4-2-1-3-5-10/h1-8,14,17H,9H2. The van der Waals surface area contributed by atoms with Gasteiger partial charge in [-0.2, -0.15) is 0 Å². The summed E-state index contributed by atoms with van der Waals surface area (Å²) in [4.78, 5) is 0. The molecule has 2 rings (SSSR count). The van der Waals surface area contributed by atoms with Crippen LogP contribution < -0.4 is 4.74 Å². The molecule has 2 aromatic rings. The Morgan fingerprint density at radius 1 is 1.00 bits per heavy atom. The first kappa shape index (κ1) is 13.2. The van der Waals surface area contributed by atoms with Gasteiger partial charge in [0.25, 0.3) is 0 Å². The zero-order valence-corrected chi connectivity index (χ0v) is 11.0. The Bertz CT molecular complexity index is 494. The minimum Gasteiger partial charge on any atom is -0.490 e. The molecule has 0 spiro atoms. The largest absolute Gasteiger partial charge is 0.490 e. The molecule has 1 N–H and O–H groups in total. The first-order valence-corrected chi connectivity index (χ1v) is 6.22. The third-order valence-electron chi connectivity index (χ3n) is 2.43. The number of hydrogen-bond donors (Lipinski definition) is 1. The van der Waals surface area contributed by atoms with Crippen molar-refractivity contribution in [3.8, 4) is 5.75 Å². The molecule has 0 bridgehead atoms. The number of rotatable bonds is 4. The third-order valence-corrected chi connectivity index (χ3v) is 2.86. The normalized spacial score (nSPS) is 12.2. The molecule has 0 aliphatic rings. The fourth-order valence-electron chi connectivity index (χ4n) is 1.56. The maximum atomic E-state index is 9.93. The second-order valence-electron chi connectivity index (χ2n) is 3.84. The second-order valence-corrected chi connectivity index (χ2v) is 4.72. The van der Waals surface area contributed by atoms with Gasteiger partial charge in [0.2, 0.25) is 0 Å². The average molecular weight is 283 g/mol. The highest BCUT2D eigenvalue weighted by molar-refractivity contribution is 6.34. The lowest BCUT2D eigenvalue weighted by molar-refractivity contribution is 0.108. The molecule has 2 aromatic carbocycles. The van der Waals surface area contributed by atoms with E-state index >= 15 is 0 Å². The highest BCUT2D eigenvalue weighted by Crippen LogP contribution is 2.25. The Morgan fingerprint density at radius 2 is 1.61 bits per heavy atom. The summed E-state index contributed by atoms with van der Waals surface area (Å²) in [5.74, 6) is 0.544. The Hall–Kier alpha value is -1.22. The van der Waals surface area contributed by atoms with E-state index in [1.165, 1.54) is 0 Å². The predicted octanol–water partition coefficient (Wildman–Crippen LogP) is 4.11. The summed E-state index contributed by atoms with van der Waals surface area (Å²) >= 11 is 11.7. The molecule has 0 fully saturated rings. The molecule has 0 saturated heterocycles.